The highest BCUT2D eigenvalue weighted by Crippen LogP contribution is 2.43. The Kier molecular flexibility index (Phi) is 3.34. The fourth-order valence-corrected chi connectivity index (χ4v) is 1.35. The zero-order chi connectivity index (χ0) is 10.8. The van der Waals surface area contributed by atoms with Crippen LogP contribution in [0, 0.1) is 0 Å². The van der Waals surface area contributed by atoms with Crippen molar-refractivity contribution in [3.05, 3.63) is 40.4 Å². The topological polar surface area (TPSA) is 77.8 Å². The van der Waals surface area contributed by atoms with Crippen molar-refractivity contribution in [3.8, 4) is 0 Å². The molecule has 0 fully saturated rings. The minimum absolute atomic E-state index is 0.428. The molecule has 0 heterocycles. The van der Waals surface area contributed by atoms with Gasteiger partial charge in [0, 0.05) is 5.02 Å². The van der Waals surface area contributed by atoms with Gasteiger partial charge in [-0.2, -0.15) is 0 Å². The third kappa shape index (κ3) is 3.16. The van der Waals surface area contributed by atoms with E-state index in [1.165, 1.54) is 6.07 Å². The van der Waals surface area contributed by atoms with Crippen molar-refractivity contribution in [1.29, 1.82) is 0 Å². The van der Waals surface area contributed by atoms with Gasteiger partial charge in [0.15, 0.2) is 0 Å². The van der Waals surface area contributed by atoms with Crippen LogP contribution in [0.1, 0.15) is 5.56 Å². The average Bonchev–Trinajstić information content (AvgIpc) is 2.02. The Bertz CT molecular complexity index is 410. The van der Waals surface area contributed by atoms with Gasteiger partial charge in [-0.3, -0.25) is 4.57 Å². The minimum Gasteiger partial charge on any atom is -0.501 e. The van der Waals surface area contributed by atoms with Crippen LogP contribution >= 0.6 is 19.2 Å². The maximum absolute atomic E-state index is 10.6. The predicted octanol–water partition coefficient (Wildman–Crippen LogP) is 2.37. The van der Waals surface area contributed by atoms with E-state index in [0.29, 0.717) is 10.6 Å². The van der Waals surface area contributed by atoms with Crippen LogP contribution in [0.5, 0.6) is 0 Å². The highest BCUT2D eigenvalue weighted by Gasteiger charge is 2.19. The van der Waals surface area contributed by atoms with E-state index in [9.17, 15) is 4.57 Å². The smallest absolute Gasteiger partial charge is 0.390 e. The Balaban J connectivity index is 3.04. The summed E-state index contributed by atoms with van der Waals surface area (Å²) >= 11 is 5.64. The van der Waals surface area contributed by atoms with Gasteiger partial charge in [-0.05, 0) is 23.8 Å². The first kappa shape index (κ1) is 11.3. The maximum atomic E-state index is 10.6. The summed E-state index contributed by atoms with van der Waals surface area (Å²) in [4.78, 5) is 17.2. The van der Waals surface area contributed by atoms with Crippen LogP contribution in [0.15, 0.2) is 29.8 Å². The van der Waals surface area contributed by atoms with Gasteiger partial charge in [0.25, 0.3) is 0 Å². The quantitative estimate of drug-likeness (QED) is 0.542. The molecule has 76 valence electrons. The van der Waals surface area contributed by atoms with E-state index in [4.69, 9.17) is 26.5 Å². The van der Waals surface area contributed by atoms with Gasteiger partial charge in [-0.15, -0.1) is 0 Å². The number of benzene rings is 1. The van der Waals surface area contributed by atoms with E-state index >= 15 is 0 Å². The van der Waals surface area contributed by atoms with E-state index in [1.807, 2.05) is 0 Å². The second-order valence-corrected chi connectivity index (χ2v) is 4.58. The van der Waals surface area contributed by atoms with Crippen molar-refractivity contribution in [2.24, 2.45) is 0 Å². The monoisotopic (exact) mass is 234 g/mol. The van der Waals surface area contributed by atoms with Gasteiger partial charge >= 0.3 is 7.60 Å². The van der Waals surface area contributed by atoms with Crippen LogP contribution in [-0.4, -0.2) is 14.9 Å². The predicted molar refractivity (Wildman–Crippen MR) is 54.1 cm³/mol. The van der Waals surface area contributed by atoms with Crippen LogP contribution in [0.25, 0.3) is 6.08 Å². The molecule has 1 aromatic rings. The van der Waals surface area contributed by atoms with Crippen molar-refractivity contribution in [3.63, 3.8) is 0 Å². The van der Waals surface area contributed by atoms with Gasteiger partial charge in [-0.1, -0.05) is 23.7 Å². The Labute approximate surface area is 85.6 Å². The molecule has 0 amide bonds. The zero-order valence-corrected chi connectivity index (χ0v) is 8.61. The summed E-state index contributed by atoms with van der Waals surface area (Å²) in [6.45, 7) is 0. The molecule has 0 unspecified atom stereocenters. The normalized spacial score (nSPS) is 12.9. The summed E-state index contributed by atoms with van der Waals surface area (Å²) in [7, 11) is -4.56. The number of rotatable bonds is 2. The first-order valence-electron chi connectivity index (χ1n) is 3.62. The van der Waals surface area contributed by atoms with Gasteiger partial charge in [0.05, 0.1) is 0 Å². The standard InChI is InChI=1S/C8H8ClO4P/c9-7-3-1-2-6(4-7)5-8(10)14(11,12)13/h1-5,10H,(H2,11,12,13)/b8-5+. The molecular weight excluding hydrogens is 227 g/mol. The van der Waals surface area contributed by atoms with Gasteiger partial charge in [0.2, 0.25) is 5.50 Å². The van der Waals surface area contributed by atoms with E-state index in [1.54, 1.807) is 18.2 Å². The number of halogens is 1. The molecule has 0 saturated heterocycles. The van der Waals surface area contributed by atoms with Crippen LogP contribution in [0.3, 0.4) is 0 Å². The lowest BCUT2D eigenvalue weighted by atomic mass is 10.2. The van der Waals surface area contributed by atoms with E-state index in [2.05, 4.69) is 0 Å². The van der Waals surface area contributed by atoms with Crippen molar-refractivity contribution in [1.82, 2.24) is 0 Å². The summed E-state index contributed by atoms with van der Waals surface area (Å²) in [6.07, 6.45) is 0.979. The van der Waals surface area contributed by atoms with E-state index < -0.39 is 13.1 Å². The van der Waals surface area contributed by atoms with Crippen LogP contribution in [0.2, 0.25) is 5.02 Å². The molecule has 0 atom stereocenters. The molecule has 0 spiro atoms. The summed E-state index contributed by atoms with van der Waals surface area (Å²) in [5, 5.41) is 9.41. The summed E-state index contributed by atoms with van der Waals surface area (Å²) < 4.78 is 10.6. The Hall–Kier alpha value is -0.800. The Morgan fingerprint density at radius 2 is 2.07 bits per heavy atom. The summed E-state index contributed by atoms with van der Waals surface area (Å²) in [5.74, 6) is 0. The average molecular weight is 235 g/mol. The molecule has 1 aromatic carbocycles. The number of hydrogen-bond donors (Lipinski definition) is 3. The second-order valence-electron chi connectivity index (χ2n) is 2.60. The lowest BCUT2D eigenvalue weighted by Gasteiger charge is -2.01. The fraction of sp³-hybridized carbons (Fsp3) is 0. The third-order valence-electron chi connectivity index (χ3n) is 1.44. The first-order valence-corrected chi connectivity index (χ1v) is 5.61. The van der Waals surface area contributed by atoms with Gasteiger partial charge < -0.3 is 14.9 Å². The molecule has 0 aliphatic rings. The molecule has 14 heavy (non-hydrogen) atoms. The Morgan fingerprint density at radius 1 is 1.43 bits per heavy atom. The van der Waals surface area contributed by atoms with Gasteiger partial charge in [-0.25, -0.2) is 0 Å². The minimum atomic E-state index is -4.56. The Morgan fingerprint density at radius 3 is 2.57 bits per heavy atom. The molecule has 0 aliphatic heterocycles. The molecule has 0 bridgehead atoms. The molecule has 0 radical (unpaired) electrons. The molecule has 4 nitrogen and oxygen atoms in total. The fourth-order valence-electron chi connectivity index (χ4n) is 0.830. The molecule has 1 rings (SSSR count). The molecule has 0 aromatic heterocycles. The lowest BCUT2D eigenvalue weighted by Crippen LogP contribution is -1.83. The first-order chi connectivity index (χ1) is 6.39. The van der Waals surface area contributed by atoms with Crippen molar-refractivity contribution >= 4 is 25.3 Å². The molecular formula is C8H8ClO4P. The van der Waals surface area contributed by atoms with Crippen LogP contribution in [-0.2, 0) is 4.57 Å². The maximum Gasteiger partial charge on any atom is 0.390 e. The second kappa shape index (κ2) is 4.15. The number of aliphatic hydroxyl groups is 1. The largest absolute Gasteiger partial charge is 0.501 e. The third-order valence-corrected chi connectivity index (χ3v) is 2.40. The van der Waals surface area contributed by atoms with Crippen molar-refractivity contribution in [2.45, 2.75) is 0 Å². The summed E-state index contributed by atoms with van der Waals surface area (Å²) in [6, 6.07) is 6.28. The molecule has 0 aliphatic carbocycles. The zero-order valence-electron chi connectivity index (χ0n) is 6.96. The van der Waals surface area contributed by atoms with Gasteiger partial charge in [0.1, 0.15) is 0 Å². The van der Waals surface area contributed by atoms with Crippen LogP contribution in [0.4, 0.5) is 0 Å². The lowest BCUT2D eigenvalue weighted by molar-refractivity contribution is 0.339. The number of hydrogen-bond acceptors (Lipinski definition) is 2. The van der Waals surface area contributed by atoms with E-state index in [0.717, 1.165) is 6.08 Å². The highest BCUT2D eigenvalue weighted by atomic mass is 35.5. The van der Waals surface area contributed by atoms with E-state index in [-0.39, 0.29) is 0 Å². The highest BCUT2D eigenvalue weighted by molar-refractivity contribution is 7.56. The molecule has 3 N–H and O–H groups in total. The molecule has 0 saturated carbocycles. The van der Waals surface area contributed by atoms with Crippen molar-refractivity contribution in [2.75, 3.05) is 0 Å². The molecule has 6 heteroatoms. The number of aliphatic hydroxyl groups excluding tert-OH is 1. The summed E-state index contributed by atoms with van der Waals surface area (Å²) in [5.41, 5.74) is -0.543. The van der Waals surface area contributed by atoms with Crippen LogP contribution < -0.4 is 0 Å². The van der Waals surface area contributed by atoms with Crippen molar-refractivity contribution < 1.29 is 19.5 Å². The SMILES string of the molecule is O=P(O)(O)/C(O)=C/c1cccc(Cl)c1.